The maximum Gasteiger partial charge on any atom is 0.131 e. The average Bonchev–Trinajstić information content (AvgIpc) is 2.66. The second-order valence-corrected chi connectivity index (χ2v) is 7.78. The van der Waals surface area contributed by atoms with Gasteiger partial charge in [0, 0.05) is 30.5 Å². The van der Waals surface area contributed by atoms with Crippen LogP contribution in [0, 0.1) is 5.92 Å². The molecule has 1 aromatic rings. The summed E-state index contributed by atoms with van der Waals surface area (Å²) in [7, 11) is 0. The minimum absolute atomic E-state index is 0.575. The molecule has 0 bridgehead atoms. The van der Waals surface area contributed by atoms with E-state index in [1.165, 1.54) is 70.6 Å². The van der Waals surface area contributed by atoms with Crippen LogP contribution in [0.25, 0.3) is 0 Å². The zero-order chi connectivity index (χ0) is 17.7. The largest absolute Gasteiger partial charge is 0.377 e. The molecule has 3 heteroatoms. The van der Waals surface area contributed by atoms with Gasteiger partial charge in [0.25, 0.3) is 0 Å². The highest BCUT2D eigenvalue weighted by Gasteiger charge is 2.23. The van der Waals surface area contributed by atoms with E-state index in [2.05, 4.69) is 23.8 Å². The van der Waals surface area contributed by atoms with Gasteiger partial charge in [-0.2, -0.15) is 0 Å². The third-order valence-electron chi connectivity index (χ3n) is 5.56. The van der Waals surface area contributed by atoms with E-state index in [1.54, 1.807) is 0 Å². The van der Waals surface area contributed by atoms with Crippen LogP contribution in [0.3, 0.4) is 0 Å². The Bertz CT molecular complexity index is 438. The van der Waals surface area contributed by atoms with Gasteiger partial charge in [0.1, 0.15) is 5.82 Å². The summed E-state index contributed by atoms with van der Waals surface area (Å²) in [6, 6.07) is 0. The molecule has 1 aliphatic carbocycles. The van der Waals surface area contributed by atoms with Gasteiger partial charge in [0.05, 0.1) is 6.61 Å². The van der Waals surface area contributed by atoms with Crippen LogP contribution in [0.1, 0.15) is 108 Å². The van der Waals surface area contributed by atoms with Crippen LogP contribution < -0.4 is 0 Å². The molecular weight excluding hydrogens is 308 g/mol. The van der Waals surface area contributed by atoms with Crippen LogP contribution in [0.2, 0.25) is 0 Å². The summed E-state index contributed by atoms with van der Waals surface area (Å²) in [4.78, 5) is 9.28. The molecule has 142 valence electrons. The predicted molar refractivity (Wildman–Crippen MR) is 105 cm³/mol. The van der Waals surface area contributed by atoms with E-state index in [-0.39, 0.29) is 0 Å². The van der Waals surface area contributed by atoms with Gasteiger partial charge in [-0.15, -0.1) is 0 Å². The third-order valence-corrected chi connectivity index (χ3v) is 5.56. The Kier molecular flexibility index (Phi) is 10.1. The highest BCUT2D eigenvalue weighted by Crippen LogP contribution is 2.36. The van der Waals surface area contributed by atoms with Crippen molar-refractivity contribution < 1.29 is 4.74 Å². The standard InChI is InChI=1S/C22H38N2O/c1-3-5-7-9-15-25-18-20-16-23-22(24-17-20)21-13-11-19(12-14-21)10-8-6-4-2/h16-17,19,21H,3-15,18H2,1-2H3/t19-,21-. The monoisotopic (exact) mass is 346 g/mol. The molecule has 0 saturated heterocycles. The summed E-state index contributed by atoms with van der Waals surface area (Å²) in [6.45, 7) is 6.02. The average molecular weight is 347 g/mol. The normalized spacial score (nSPS) is 20.7. The molecule has 1 fully saturated rings. The zero-order valence-corrected chi connectivity index (χ0v) is 16.5. The van der Waals surface area contributed by atoms with Crippen molar-refractivity contribution in [2.75, 3.05) is 6.61 Å². The van der Waals surface area contributed by atoms with Gasteiger partial charge in [0.15, 0.2) is 0 Å². The molecule has 0 aromatic carbocycles. The lowest BCUT2D eigenvalue weighted by Gasteiger charge is -2.27. The van der Waals surface area contributed by atoms with Gasteiger partial charge < -0.3 is 4.74 Å². The zero-order valence-electron chi connectivity index (χ0n) is 16.5. The van der Waals surface area contributed by atoms with Crippen LogP contribution >= 0.6 is 0 Å². The van der Waals surface area contributed by atoms with Gasteiger partial charge in [-0.1, -0.05) is 58.8 Å². The maximum absolute atomic E-state index is 5.73. The Hall–Kier alpha value is -0.960. The summed E-state index contributed by atoms with van der Waals surface area (Å²) in [5.41, 5.74) is 1.10. The topological polar surface area (TPSA) is 35.0 Å². The van der Waals surface area contributed by atoms with E-state index in [9.17, 15) is 0 Å². The molecule has 1 aliphatic rings. The van der Waals surface area contributed by atoms with Gasteiger partial charge in [-0.05, 0) is 38.0 Å². The van der Waals surface area contributed by atoms with Crippen molar-refractivity contribution in [3.63, 3.8) is 0 Å². The number of unbranched alkanes of at least 4 members (excludes halogenated alkanes) is 5. The molecule has 1 aromatic heterocycles. The van der Waals surface area contributed by atoms with Crippen molar-refractivity contribution in [1.29, 1.82) is 0 Å². The third kappa shape index (κ3) is 7.85. The summed E-state index contributed by atoms with van der Waals surface area (Å²) in [5, 5.41) is 0. The fourth-order valence-corrected chi connectivity index (χ4v) is 3.86. The summed E-state index contributed by atoms with van der Waals surface area (Å²) < 4.78 is 5.73. The first-order chi connectivity index (χ1) is 12.3. The molecule has 2 rings (SSSR count). The number of aromatic nitrogens is 2. The minimum Gasteiger partial charge on any atom is -0.377 e. The summed E-state index contributed by atoms with van der Waals surface area (Å²) in [5.74, 6) is 2.58. The van der Waals surface area contributed by atoms with Crippen molar-refractivity contribution in [3.05, 3.63) is 23.8 Å². The van der Waals surface area contributed by atoms with Crippen molar-refractivity contribution in [1.82, 2.24) is 9.97 Å². The molecule has 0 atom stereocenters. The van der Waals surface area contributed by atoms with Crippen LogP contribution in [0.4, 0.5) is 0 Å². The van der Waals surface area contributed by atoms with Crippen molar-refractivity contribution in [2.24, 2.45) is 5.92 Å². The second-order valence-electron chi connectivity index (χ2n) is 7.78. The first-order valence-corrected chi connectivity index (χ1v) is 10.7. The van der Waals surface area contributed by atoms with Crippen LogP contribution in [-0.2, 0) is 11.3 Å². The molecule has 1 saturated carbocycles. The van der Waals surface area contributed by atoms with E-state index >= 15 is 0 Å². The number of hydrogen-bond donors (Lipinski definition) is 0. The Labute approximate surface area is 155 Å². The van der Waals surface area contributed by atoms with Crippen molar-refractivity contribution in [2.45, 2.75) is 103 Å². The highest BCUT2D eigenvalue weighted by molar-refractivity contribution is 5.07. The Morgan fingerprint density at radius 2 is 1.56 bits per heavy atom. The summed E-state index contributed by atoms with van der Waals surface area (Å²) >= 11 is 0. The number of hydrogen-bond acceptors (Lipinski definition) is 3. The van der Waals surface area contributed by atoms with E-state index in [4.69, 9.17) is 4.74 Å². The molecule has 0 spiro atoms. The fourth-order valence-electron chi connectivity index (χ4n) is 3.86. The minimum atomic E-state index is 0.575. The Morgan fingerprint density at radius 1 is 0.880 bits per heavy atom. The number of rotatable bonds is 12. The SMILES string of the molecule is CCCCCCOCc1cnc([C@H]2CC[C@H](CCCCC)CC2)nc1. The van der Waals surface area contributed by atoms with Gasteiger partial charge in [-0.3, -0.25) is 0 Å². The lowest BCUT2D eigenvalue weighted by Crippen LogP contribution is -2.15. The molecule has 25 heavy (non-hydrogen) atoms. The number of ether oxygens (including phenoxy) is 1. The molecule has 1 heterocycles. The lowest BCUT2D eigenvalue weighted by atomic mass is 9.79. The first-order valence-electron chi connectivity index (χ1n) is 10.7. The van der Waals surface area contributed by atoms with Crippen LogP contribution in [-0.4, -0.2) is 16.6 Å². The van der Waals surface area contributed by atoms with E-state index in [1.807, 2.05) is 12.4 Å². The first kappa shape index (κ1) is 20.4. The Balaban J connectivity index is 1.65. The van der Waals surface area contributed by atoms with E-state index < -0.39 is 0 Å². The molecule has 0 N–H and O–H groups in total. The lowest BCUT2D eigenvalue weighted by molar-refractivity contribution is 0.116. The van der Waals surface area contributed by atoms with E-state index in [0.29, 0.717) is 12.5 Å². The molecule has 0 aliphatic heterocycles. The quantitative estimate of drug-likeness (QED) is 0.409. The van der Waals surface area contributed by atoms with Gasteiger partial charge >= 0.3 is 0 Å². The van der Waals surface area contributed by atoms with Crippen LogP contribution in [0.15, 0.2) is 12.4 Å². The predicted octanol–water partition coefficient (Wildman–Crippen LogP) is 6.43. The molecule has 3 nitrogen and oxygen atoms in total. The van der Waals surface area contributed by atoms with Gasteiger partial charge in [-0.25, -0.2) is 9.97 Å². The molecule has 0 radical (unpaired) electrons. The van der Waals surface area contributed by atoms with Crippen molar-refractivity contribution in [3.8, 4) is 0 Å². The molecule has 0 amide bonds. The van der Waals surface area contributed by atoms with Crippen LogP contribution in [0.5, 0.6) is 0 Å². The maximum atomic E-state index is 5.73. The molecular formula is C22H38N2O. The van der Waals surface area contributed by atoms with Crippen molar-refractivity contribution >= 4 is 0 Å². The summed E-state index contributed by atoms with van der Waals surface area (Å²) in [6.07, 6.45) is 19.8. The number of nitrogens with zero attached hydrogens (tertiary/aromatic N) is 2. The van der Waals surface area contributed by atoms with E-state index in [0.717, 1.165) is 30.3 Å². The second kappa shape index (κ2) is 12.4. The Morgan fingerprint density at radius 3 is 2.24 bits per heavy atom. The fraction of sp³-hybridized carbons (Fsp3) is 0.818. The molecule has 0 unspecified atom stereocenters. The smallest absolute Gasteiger partial charge is 0.131 e. The highest BCUT2D eigenvalue weighted by atomic mass is 16.5. The van der Waals surface area contributed by atoms with Gasteiger partial charge in [0.2, 0.25) is 0 Å².